The van der Waals surface area contributed by atoms with Crippen molar-refractivity contribution in [2.24, 2.45) is 0 Å². The molecule has 0 aliphatic heterocycles. The van der Waals surface area contributed by atoms with E-state index < -0.39 is 23.3 Å². The Morgan fingerprint density at radius 1 is 1.50 bits per heavy atom. The summed E-state index contributed by atoms with van der Waals surface area (Å²) in [5, 5.41) is 11.7. The average molecular weight is 278 g/mol. The summed E-state index contributed by atoms with van der Waals surface area (Å²) in [6, 6.07) is 2.41. The molecule has 3 N–H and O–H groups in total. The van der Waals surface area contributed by atoms with Crippen LogP contribution < -0.4 is 10.7 Å². The Bertz CT molecular complexity index is 722. The zero-order chi connectivity index (χ0) is 14.9. The smallest absolute Gasteiger partial charge is 0.256 e. The first-order valence-corrected chi connectivity index (χ1v) is 6.18. The number of H-pyrrole nitrogens is 1. The lowest BCUT2D eigenvalue weighted by molar-refractivity contribution is 0.0923. The van der Waals surface area contributed by atoms with E-state index in [0.29, 0.717) is 11.1 Å². The molecule has 6 heteroatoms. The van der Waals surface area contributed by atoms with Gasteiger partial charge in [-0.2, -0.15) is 0 Å². The number of aromatic amines is 1. The number of carbonyl (C=O) groups excluding carboxylic acids is 1. The molecule has 0 saturated carbocycles. The first kappa shape index (κ1) is 14.2. The number of aliphatic hydroxyl groups is 1. The van der Waals surface area contributed by atoms with Crippen molar-refractivity contribution in [3.05, 3.63) is 45.5 Å². The first-order valence-electron chi connectivity index (χ1n) is 6.18. The Morgan fingerprint density at radius 2 is 2.20 bits per heavy atom. The van der Waals surface area contributed by atoms with Crippen molar-refractivity contribution in [3.8, 4) is 0 Å². The van der Waals surface area contributed by atoms with Crippen LogP contribution in [-0.4, -0.2) is 28.6 Å². The van der Waals surface area contributed by atoms with Gasteiger partial charge >= 0.3 is 0 Å². The predicted octanol–water partition coefficient (Wildman–Crippen LogP) is 1.09. The minimum atomic E-state index is -0.710. The molecule has 0 fully saturated rings. The lowest BCUT2D eigenvalue weighted by atomic mass is 10.1. The lowest BCUT2D eigenvalue weighted by Crippen LogP contribution is -2.33. The Labute approximate surface area is 114 Å². The third-order valence-corrected chi connectivity index (χ3v) is 2.95. The van der Waals surface area contributed by atoms with E-state index in [4.69, 9.17) is 5.11 Å². The Kier molecular flexibility index (Phi) is 3.85. The predicted molar refractivity (Wildman–Crippen MR) is 73.3 cm³/mol. The maximum atomic E-state index is 13.4. The molecule has 0 aliphatic carbocycles. The molecule has 0 radical (unpaired) electrons. The second-order valence-electron chi connectivity index (χ2n) is 4.74. The van der Waals surface area contributed by atoms with Crippen LogP contribution in [0.3, 0.4) is 0 Å². The summed E-state index contributed by atoms with van der Waals surface area (Å²) in [5.74, 6) is -1.13. The zero-order valence-corrected chi connectivity index (χ0v) is 11.2. The van der Waals surface area contributed by atoms with Crippen molar-refractivity contribution in [2.75, 3.05) is 6.54 Å². The van der Waals surface area contributed by atoms with E-state index in [1.807, 2.05) is 0 Å². The van der Waals surface area contributed by atoms with Gasteiger partial charge in [0.25, 0.3) is 5.91 Å². The number of hydrogen-bond acceptors (Lipinski definition) is 3. The Hall–Kier alpha value is -2.21. The molecule has 2 aromatic rings. The van der Waals surface area contributed by atoms with Crippen molar-refractivity contribution in [1.82, 2.24) is 10.3 Å². The van der Waals surface area contributed by atoms with Crippen LogP contribution in [0.5, 0.6) is 0 Å². The molecule has 1 heterocycles. The SMILES string of the molecule is Cc1cc(F)cc2c(=O)c(C(=O)NCC(C)O)c[nH]c12. The number of halogens is 1. The number of aliphatic hydroxyl groups excluding tert-OH is 1. The third-order valence-electron chi connectivity index (χ3n) is 2.95. The molecule has 1 aromatic carbocycles. The first-order chi connectivity index (χ1) is 9.40. The number of benzene rings is 1. The van der Waals surface area contributed by atoms with Gasteiger partial charge in [-0.15, -0.1) is 0 Å². The maximum absolute atomic E-state index is 13.4. The Morgan fingerprint density at radius 3 is 2.85 bits per heavy atom. The van der Waals surface area contributed by atoms with E-state index in [2.05, 4.69) is 10.3 Å². The van der Waals surface area contributed by atoms with Crippen LogP contribution in [0.15, 0.2) is 23.1 Å². The van der Waals surface area contributed by atoms with E-state index in [0.717, 1.165) is 6.07 Å². The largest absolute Gasteiger partial charge is 0.392 e. The number of carbonyl (C=O) groups is 1. The van der Waals surface area contributed by atoms with Crippen molar-refractivity contribution in [1.29, 1.82) is 0 Å². The van der Waals surface area contributed by atoms with Crippen molar-refractivity contribution in [3.63, 3.8) is 0 Å². The fourth-order valence-corrected chi connectivity index (χ4v) is 1.97. The Balaban J connectivity index is 2.49. The molecular weight excluding hydrogens is 263 g/mol. The highest BCUT2D eigenvalue weighted by Crippen LogP contribution is 2.15. The highest BCUT2D eigenvalue weighted by Gasteiger charge is 2.14. The van der Waals surface area contributed by atoms with Crippen LogP contribution in [0.2, 0.25) is 0 Å². The summed E-state index contributed by atoms with van der Waals surface area (Å²) >= 11 is 0. The van der Waals surface area contributed by atoms with Crippen molar-refractivity contribution < 1.29 is 14.3 Å². The van der Waals surface area contributed by atoms with Gasteiger partial charge in [0.05, 0.1) is 11.6 Å². The van der Waals surface area contributed by atoms with E-state index in [9.17, 15) is 14.0 Å². The van der Waals surface area contributed by atoms with Crippen molar-refractivity contribution in [2.45, 2.75) is 20.0 Å². The number of aryl methyl sites for hydroxylation is 1. The molecule has 1 atom stereocenters. The topological polar surface area (TPSA) is 82.2 Å². The monoisotopic (exact) mass is 278 g/mol. The quantitative estimate of drug-likeness (QED) is 0.786. The van der Waals surface area contributed by atoms with Gasteiger partial charge in [0.15, 0.2) is 0 Å². The summed E-state index contributed by atoms with van der Waals surface area (Å²) in [6.45, 7) is 3.23. The van der Waals surface area contributed by atoms with E-state index in [1.54, 1.807) is 6.92 Å². The van der Waals surface area contributed by atoms with Crippen LogP contribution >= 0.6 is 0 Å². The fraction of sp³-hybridized carbons (Fsp3) is 0.286. The van der Waals surface area contributed by atoms with Crippen LogP contribution in [-0.2, 0) is 0 Å². The number of hydrogen-bond donors (Lipinski definition) is 3. The van der Waals surface area contributed by atoms with Crippen LogP contribution in [0.4, 0.5) is 4.39 Å². The minimum Gasteiger partial charge on any atom is -0.392 e. The molecular formula is C14H15FN2O3. The van der Waals surface area contributed by atoms with Gasteiger partial charge in [0, 0.05) is 18.1 Å². The second-order valence-corrected chi connectivity index (χ2v) is 4.74. The number of nitrogens with one attached hydrogen (secondary N) is 2. The summed E-state index contributed by atoms with van der Waals surface area (Å²) in [5.41, 5.74) is 0.448. The van der Waals surface area contributed by atoms with Gasteiger partial charge < -0.3 is 15.4 Å². The van der Waals surface area contributed by atoms with E-state index >= 15 is 0 Å². The lowest BCUT2D eigenvalue weighted by Gasteiger charge is -2.08. The highest BCUT2D eigenvalue weighted by atomic mass is 19.1. The molecule has 106 valence electrons. The number of fused-ring (bicyclic) bond motifs is 1. The molecule has 1 aromatic heterocycles. The summed E-state index contributed by atoms with van der Waals surface area (Å²) in [4.78, 5) is 26.9. The molecule has 0 aliphatic rings. The van der Waals surface area contributed by atoms with E-state index in [-0.39, 0.29) is 17.5 Å². The van der Waals surface area contributed by atoms with E-state index in [1.165, 1.54) is 19.2 Å². The summed E-state index contributed by atoms with van der Waals surface area (Å²) in [7, 11) is 0. The number of pyridine rings is 1. The van der Waals surface area contributed by atoms with Crippen LogP contribution in [0.1, 0.15) is 22.8 Å². The number of rotatable bonds is 3. The van der Waals surface area contributed by atoms with Gasteiger partial charge in [-0.25, -0.2) is 4.39 Å². The number of amides is 1. The molecule has 0 spiro atoms. The second kappa shape index (κ2) is 5.42. The zero-order valence-electron chi connectivity index (χ0n) is 11.2. The molecule has 20 heavy (non-hydrogen) atoms. The average Bonchev–Trinajstić information content (AvgIpc) is 2.37. The van der Waals surface area contributed by atoms with Crippen LogP contribution in [0, 0.1) is 12.7 Å². The fourth-order valence-electron chi connectivity index (χ4n) is 1.97. The van der Waals surface area contributed by atoms with Gasteiger partial charge in [-0.05, 0) is 31.5 Å². The summed E-state index contributed by atoms with van der Waals surface area (Å²) < 4.78 is 13.4. The molecule has 0 bridgehead atoms. The van der Waals surface area contributed by atoms with Gasteiger partial charge in [0.2, 0.25) is 5.43 Å². The van der Waals surface area contributed by atoms with Gasteiger partial charge in [0.1, 0.15) is 11.4 Å². The van der Waals surface area contributed by atoms with Crippen LogP contribution in [0.25, 0.3) is 10.9 Å². The maximum Gasteiger partial charge on any atom is 0.256 e. The van der Waals surface area contributed by atoms with Crippen molar-refractivity contribution >= 4 is 16.8 Å². The molecule has 1 amide bonds. The highest BCUT2D eigenvalue weighted by molar-refractivity contribution is 5.97. The third kappa shape index (κ3) is 2.70. The standard InChI is InChI=1S/C14H15FN2O3/c1-7-3-9(15)4-10-12(7)16-6-11(13(10)19)14(20)17-5-8(2)18/h3-4,6,8,18H,5H2,1-2H3,(H,16,19)(H,17,20). The molecule has 5 nitrogen and oxygen atoms in total. The molecule has 2 rings (SSSR count). The van der Waals surface area contributed by atoms with Gasteiger partial charge in [-0.3, -0.25) is 9.59 Å². The number of aromatic nitrogens is 1. The molecule has 0 saturated heterocycles. The summed E-state index contributed by atoms with van der Waals surface area (Å²) in [6.07, 6.45) is 0.589. The minimum absolute atomic E-state index is 0.0402. The molecule has 1 unspecified atom stereocenters. The van der Waals surface area contributed by atoms with Gasteiger partial charge in [-0.1, -0.05) is 0 Å². The normalized spacial score (nSPS) is 12.4.